The molecule has 0 radical (unpaired) electrons. The van der Waals surface area contributed by atoms with E-state index in [9.17, 15) is 4.79 Å². The highest BCUT2D eigenvalue weighted by Gasteiger charge is 2.29. The van der Waals surface area contributed by atoms with E-state index >= 15 is 0 Å². The van der Waals surface area contributed by atoms with Crippen LogP contribution in [0.25, 0.3) is 11.3 Å². The predicted molar refractivity (Wildman–Crippen MR) is 85.6 cm³/mol. The van der Waals surface area contributed by atoms with E-state index < -0.39 is 0 Å². The zero-order valence-electron chi connectivity index (χ0n) is 13.4. The maximum absolute atomic E-state index is 12.3. The van der Waals surface area contributed by atoms with Crippen molar-refractivity contribution < 1.29 is 9.53 Å². The number of benzene rings is 1. The quantitative estimate of drug-likeness (QED) is 0.846. The molecule has 1 aromatic carbocycles. The molecule has 1 heterocycles. The largest absolute Gasteiger partial charge is 0.462 e. The van der Waals surface area contributed by atoms with Gasteiger partial charge in [0.15, 0.2) is 0 Å². The Bertz CT molecular complexity index is 633. The summed E-state index contributed by atoms with van der Waals surface area (Å²) >= 11 is 0. The van der Waals surface area contributed by atoms with Gasteiger partial charge >= 0.3 is 5.97 Å². The fourth-order valence-corrected chi connectivity index (χ4v) is 2.51. The number of carbonyl (C=O) groups excluding carboxylic acids is 1. The lowest BCUT2D eigenvalue weighted by molar-refractivity contribution is 0.0523. The van der Waals surface area contributed by atoms with E-state index in [0.717, 1.165) is 22.5 Å². The molecule has 0 saturated carbocycles. The molecule has 1 N–H and O–H groups in total. The van der Waals surface area contributed by atoms with Gasteiger partial charge in [0.05, 0.1) is 12.2 Å². The normalized spacial score (nSPS) is 11.5. The highest BCUT2D eigenvalue weighted by molar-refractivity contribution is 5.95. The van der Waals surface area contributed by atoms with Crippen molar-refractivity contribution in [1.29, 1.82) is 0 Å². The van der Waals surface area contributed by atoms with Crippen LogP contribution in [0.4, 0.5) is 0 Å². The summed E-state index contributed by atoms with van der Waals surface area (Å²) in [5.41, 5.74) is 4.46. The lowest BCUT2D eigenvalue weighted by Gasteiger charge is -2.19. The van der Waals surface area contributed by atoms with Gasteiger partial charge in [-0.2, -0.15) is 0 Å². The minimum absolute atomic E-state index is 0.153. The monoisotopic (exact) mass is 285 g/mol. The van der Waals surface area contributed by atoms with Crippen LogP contribution in [0.5, 0.6) is 0 Å². The Morgan fingerprint density at radius 2 is 1.81 bits per heavy atom. The Hall–Kier alpha value is -2.03. The summed E-state index contributed by atoms with van der Waals surface area (Å²) in [6, 6.07) is 10.1. The fraction of sp³-hybridized carbons (Fsp3) is 0.389. The maximum atomic E-state index is 12.3. The van der Waals surface area contributed by atoms with E-state index in [0.29, 0.717) is 12.2 Å². The van der Waals surface area contributed by atoms with Crippen molar-refractivity contribution in [2.45, 2.75) is 40.0 Å². The summed E-state index contributed by atoms with van der Waals surface area (Å²) in [6.07, 6.45) is 0. The summed E-state index contributed by atoms with van der Waals surface area (Å²) in [5.74, 6) is -0.252. The molecule has 0 aliphatic carbocycles. The molecule has 1 aromatic heterocycles. The average Bonchev–Trinajstić information content (AvgIpc) is 2.78. The first-order valence-corrected chi connectivity index (χ1v) is 7.31. The van der Waals surface area contributed by atoms with Gasteiger partial charge in [0.2, 0.25) is 0 Å². The van der Waals surface area contributed by atoms with E-state index in [-0.39, 0.29) is 11.4 Å². The van der Waals surface area contributed by atoms with Crippen molar-refractivity contribution in [3.05, 3.63) is 47.2 Å². The Balaban J connectivity index is 2.63. The molecular weight excluding hydrogens is 262 g/mol. The summed E-state index contributed by atoms with van der Waals surface area (Å²) < 4.78 is 5.23. The second kappa shape index (κ2) is 5.76. The molecule has 112 valence electrons. The van der Waals surface area contributed by atoms with Crippen LogP contribution in [0.1, 0.15) is 49.3 Å². The van der Waals surface area contributed by atoms with Crippen molar-refractivity contribution in [3.63, 3.8) is 0 Å². The molecule has 0 aliphatic rings. The van der Waals surface area contributed by atoms with E-state index in [1.54, 1.807) is 0 Å². The van der Waals surface area contributed by atoms with Gasteiger partial charge in [0.25, 0.3) is 0 Å². The predicted octanol–water partition coefficient (Wildman–Crippen LogP) is 4.46. The molecule has 0 saturated heterocycles. The number of nitrogens with one attached hydrogen (secondary N) is 1. The number of aromatic amines is 1. The summed E-state index contributed by atoms with van der Waals surface area (Å²) in [4.78, 5) is 15.8. The third-order valence-corrected chi connectivity index (χ3v) is 3.54. The first-order chi connectivity index (χ1) is 9.86. The second-order valence-electron chi connectivity index (χ2n) is 6.21. The molecule has 21 heavy (non-hydrogen) atoms. The van der Waals surface area contributed by atoms with Gasteiger partial charge in [-0.05, 0) is 25.0 Å². The Kier molecular flexibility index (Phi) is 4.21. The minimum atomic E-state index is -0.252. The number of rotatable bonds is 3. The Morgan fingerprint density at radius 1 is 1.19 bits per heavy atom. The lowest BCUT2D eigenvalue weighted by atomic mass is 9.88. The summed E-state index contributed by atoms with van der Waals surface area (Å²) in [7, 11) is 0. The number of aromatic nitrogens is 1. The van der Waals surface area contributed by atoms with Crippen LogP contribution >= 0.6 is 0 Å². The molecule has 0 amide bonds. The number of ether oxygens (including phenoxy) is 1. The van der Waals surface area contributed by atoms with Crippen LogP contribution in [-0.4, -0.2) is 17.6 Å². The Morgan fingerprint density at radius 3 is 2.33 bits per heavy atom. The third kappa shape index (κ3) is 3.02. The van der Waals surface area contributed by atoms with Crippen molar-refractivity contribution in [2.75, 3.05) is 6.61 Å². The molecule has 0 bridgehead atoms. The molecule has 0 fully saturated rings. The smallest absolute Gasteiger partial charge is 0.340 e. The van der Waals surface area contributed by atoms with Crippen molar-refractivity contribution in [3.8, 4) is 11.3 Å². The number of hydrogen-bond donors (Lipinski definition) is 1. The van der Waals surface area contributed by atoms with Gasteiger partial charge < -0.3 is 9.72 Å². The zero-order chi connectivity index (χ0) is 15.6. The molecule has 0 atom stereocenters. The number of H-pyrrole nitrogens is 1. The summed E-state index contributed by atoms with van der Waals surface area (Å²) in [5, 5.41) is 0. The standard InChI is InChI=1S/C18H23NO2/c1-6-21-17(20)14-12(2)15(13-10-8-7-9-11-13)19-16(14)18(3,4)5/h7-11,19H,6H2,1-5H3. The average molecular weight is 285 g/mol. The molecule has 3 heteroatoms. The highest BCUT2D eigenvalue weighted by Crippen LogP contribution is 2.34. The molecule has 3 nitrogen and oxygen atoms in total. The third-order valence-electron chi connectivity index (χ3n) is 3.54. The van der Waals surface area contributed by atoms with E-state index in [1.807, 2.05) is 44.2 Å². The summed E-state index contributed by atoms with van der Waals surface area (Å²) in [6.45, 7) is 10.5. The van der Waals surface area contributed by atoms with Crippen LogP contribution < -0.4 is 0 Å². The van der Waals surface area contributed by atoms with Gasteiger partial charge in [0, 0.05) is 16.8 Å². The topological polar surface area (TPSA) is 42.1 Å². The maximum Gasteiger partial charge on any atom is 0.340 e. The van der Waals surface area contributed by atoms with Crippen LogP contribution in [0.3, 0.4) is 0 Å². The van der Waals surface area contributed by atoms with E-state index in [1.165, 1.54) is 0 Å². The van der Waals surface area contributed by atoms with Gasteiger partial charge in [-0.15, -0.1) is 0 Å². The van der Waals surface area contributed by atoms with E-state index in [4.69, 9.17) is 4.74 Å². The first kappa shape index (κ1) is 15.4. The van der Waals surface area contributed by atoms with Crippen LogP contribution in [0.2, 0.25) is 0 Å². The molecule has 0 aliphatic heterocycles. The van der Waals surface area contributed by atoms with Crippen molar-refractivity contribution >= 4 is 5.97 Å². The fourth-order valence-electron chi connectivity index (χ4n) is 2.51. The van der Waals surface area contributed by atoms with Gasteiger partial charge in [0.1, 0.15) is 0 Å². The molecule has 0 unspecified atom stereocenters. The Labute approximate surface area is 126 Å². The highest BCUT2D eigenvalue weighted by atomic mass is 16.5. The van der Waals surface area contributed by atoms with Crippen LogP contribution in [-0.2, 0) is 10.2 Å². The number of carbonyl (C=O) groups is 1. The van der Waals surface area contributed by atoms with Crippen LogP contribution in [0.15, 0.2) is 30.3 Å². The van der Waals surface area contributed by atoms with Gasteiger partial charge in [-0.25, -0.2) is 4.79 Å². The first-order valence-electron chi connectivity index (χ1n) is 7.31. The minimum Gasteiger partial charge on any atom is -0.462 e. The molecule has 2 aromatic rings. The van der Waals surface area contributed by atoms with Gasteiger partial charge in [-0.1, -0.05) is 51.1 Å². The molecule has 0 spiro atoms. The second-order valence-corrected chi connectivity index (χ2v) is 6.21. The lowest BCUT2D eigenvalue weighted by Crippen LogP contribution is -2.18. The SMILES string of the molecule is CCOC(=O)c1c(C(C)(C)C)[nH]c(-c2ccccc2)c1C. The molecular formula is C18H23NO2. The van der Waals surface area contributed by atoms with Crippen molar-refractivity contribution in [2.24, 2.45) is 0 Å². The van der Waals surface area contributed by atoms with Crippen LogP contribution in [0, 0.1) is 6.92 Å². The number of hydrogen-bond acceptors (Lipinski definition) is 2. The van der Waals surface area contributed by atoms with E-state index in [2.05, 4.69) is 25.8 Å². The van der Waals surface area contributed by atoms with Crippen molar-refractivity contribution in [1.82, 2.24) is 4.98 Å². The number of esters is 1. The van der Waals surface area contributed by atoms with Gasteiger partial charge in [-0.3, -0.25) is 0 Å². The zero-order valence-corrected chi connectivity index (χ0v) is 13.4. The molecule has 2 rings (SSSR count).